The van der Waals surface area contributed by atoms with Crippen LogP contribution in [-0.2, 0) is 6.18 Å². The molecule has 0 radical (unpaired) electrons. The predicted molar refractivity (Wildman–Crippen MR) is 74.1 cm³/mol. The van der Waals surface area contributed by atoms with Crippen LogP contribution in [0, 0.1) is 0 Å². The van der Waals surface area contributed by atoms with Gasteiger partial charge in [0.15, 0.2) is 0 Å². The molecule has 0 fully saturated rings. The highest BCUT2D eigenvalue weighted by Crippen LogP contribution is 2.32. The van der Waals surface area contributed by atoms with Crippen LogP contribution in [0.2, 0.25) is 0 Å². The number of imidazole rings is 1. The van der Waals surface area contributed by atoms with E-state index >= 15 is 0 Å². The number of hydrogen-bond donors (Lipinski definition) is 1. The molecule has 4 nitrogen and oxygen atoms in total. The molecule has 0 aliphatic rings. The number of hydrogen-bond acceptors (Lipinski definition) is 2. The summed E-state index contributed by atoms with van der Waals surface area (Å²) in [6.07, 6.45) is -1.23. The number of fused-ring (bicyclic) bond motifs is 1. The topological polar surface area (TPSA) is 60.4 Å². The van der Waals surface area contributed by atoms with Gasteiger partial charge in [-0.15, -0.1) is 0 Å². The van der Waals surface area contributed by atoms with E-state index in [-0.39, 0.29) is 5.56 Å². The number of pyridine rings is 1. The third-order valence-corrected chi connectivity index (χ3v) is 3.23. The Morgan fingerprint density at radius 2 is 1.95 bits per heavy atom. The van der Waals surface area contributed by atoms with Crippen molar-refractivity contribution in [2.24, 2.45) is 5.73 Å². The summed E-state index contributed by atoms with van der Waals surface area (Å²) in [5.41, 5.74) is 5.68. The van der Waals surface area contributed by atoms with Crippen LogP contribution in [-0.4, -0.2) is 15.3 Å². The van der Waals surface area contributed by atoms with Gasteiger partial charge < -0.3 is 10.1 Å². The highest BCUT2D eigenvalue weighted by molar-refractivity contribution is 5.98. The molecule has 0 saturated heterocycles. The van der Waals surface area contributed by atoms with Gasteiger partial charge >= 0.3 is 6.18 Å². The van der Waals surface area contributed by atoms with Crippen molar-refractivity contribution in [1.29, 1.82) is 0 Å². The van der Waals surface area contributed by atoms with E-state index in [1.54, 1.807) is 22.9 Å². The van der Waals surface area contributed by atoms with E-state index in [4.69, 9.17) is 5.73 Å². The fraction of sp³-hybridized carbons (Fsp3) is 0.0667. The van der Waals surface area contributed by atoms with Crippen molar-refractivity contribution in [2.75, 3.05) is 0 Å². The first-order valence-electron chi connectivity index (χ1n) is 6.31. The molecule has 2 aromatic heterocycles. The third-order valence-electron chi connectivity index (χ3n) is 3.23. The lowest BCUT2D eigenvalue weighted by molar-refractivity contribution is -0.137. The van der Waals surface area contributed by atoms with E-state index < -0.39 is 17.6 Å². The standard InChI is InChI=1S/C15H10F3N3O/c16-15(17,18)10-4-1-3-9(7-10)12-8-21-6-2-5-11(13(19)22)14(21)20-12/h1-8H,(H2,19,22). The van der Waals surface area contributed by atoms with Crippen molar-refractivity contribution in [3.05, 3.63) is 59.9 Å². The molecule has 112 valence electrons. The summed E-state index contributed by atoms with van der Waals surface area (Å²) in [5, 5.41) is 0. The second kappa shape index (κ2) is 4.87. The average Bonchev–Trinajstić information content (AvgIpc) is 2.90. The zero-order valence-corrected chi connectivity index (χ0v) is 11.1. The minimum Gasteiger partial charge on any atom is -0.365 e. The van der Waals surface area contributed by atoms with E-state index in [1.165, 1.54) is 18.2 Å². The molecule has 2 N–H and O–H groups in total. The fourth-order valence-corrected chi connectivity index (χ4v) is 2.20. The number of alkyl halides is 3. The molecule has 3 rings (SSSR count). The molecule has 0 aliphatic heterocycles. The monoisotopic (exact) mass is 305 g/mol. The van der Waals surface area contributed by atoms with Crippen molar-refractivity contribution < 1.29 is 18.0 Å². The molecular formula is C15H10F3N3O. The van der Waals surface area contributed by atoms with E-state index in [1.807, 2.05) is 0 Å². The van der Waals surface area contributed by atoms with Gasteiger partial charge in [-0.2, -0.15) is 13.2 Å². The predicted octanol–water partition coefficient (Wildman–Crippen LogP) is 3.12. The lowest BCUT2D eigenvalue weighted by atomic mass is 10.1. The highest BCUT2D eigenvalue weighted by Gasteiger charge is 2.30. The summed E-state index contributed by atoms with van der Waals surface area (Å²) in [6.45, 7) is 0. The van der Waals surface area contributed by atoms with Gasteiger partial charge in [-0.25, -0.2) is 4.98 Å². The molecule has 1 aromatic carbocycles. The molecule has 0 spiro atoms. The van der Waals surface area contributed by atoms with Gasteiger partial charge in [0.05, 0.1) is 16.8 Å². The summed E-state index contributed by atoms with van der Waals surface area (Å²) >= 11 is 0. The maximum atomic E-state index is 12.8. The molecule has 0 atom stereocenters. The smallest absolute Gasteiger partial charge is 0.365 e. The van der Waals surface area contributed by atoms with Crippen molar-refractivity contribution in [3.8, 4) is 11.3 Å². The maximum absolute atomic E-state index is 12.8. The molecule has 0 aliphatic carbocycles. The zero-order valence-electron chi connectivity index (χ0n) is 11.1. The number of carbonyl (C=O) groups excluding carboxylic acids is 1. The Balaban J connectivity index is 2.15. The van der Waals surface area contributed by atoms with Crippen LogP contribution < -0.4 is 5.73 Å². The minimum absolute atomic E-state index is 0.209. The number of primary amides is 1. The van der Waals surface area contributed by atoms with Crippen molar-refractivity contribution in [2.45, 2.75) is 6.18 Å². The number of halogens is 3. The number of rotatable bonds is 2. The van der Waals surface area contributed by atoms with Gasteiger partial charge in [0.25, 0.3) is 5.91 Å². The van der Waals surface area contributed by atoms with Gasteiger partial charge in [0.1, 0.15) is 5.65 Å². The van der Waals surface area contributed by atoms with Gasteiger partial charge in [-0.1, -0.05) is 12.1 Å². The van der Waals surface area contributed by atoms with Crippen molar-refractivity contribution in [1.82, 2.24) is 9.38 Å². The normalized spacial score (nSPS) is 11.8. The molecule has 1 amide bonds. The second-order valence-electron chi connectivity index (χ2n) is 4.72. The summed E-state index contributed by atoms with van der Waals surface area (Å²) in [4.78, 5) is 15.6. The fourth-order valence-electron chi connectivity index (χ4n) is 2.20. The zero-order chi connectivity index (χ0) is 15.9. The van der Waals surface area contributed by atoms with E-state index in [0.29, 0.717) is 16.9 Å². The van der Waals surface area contributed by atoms with Crippen LogP contribution in [0.4, 0.5) is 13.2 Å². The summed E-state index contributed by atoms with van der Waals surface area (Å²) in [7, 11) is 0. The largest absolute Gasteiger partial charge is 0.416 e. The Bertz CT molecular complexity index is 868. The minimum atomic E-state index is -4.42. The second-order valence-corrected chi connectivity index (χ2v) is 4.72. The molecule has 0 saturated carbocycles. The van der Waals surface area contributed by atoms with Crippen molar-refractivity contribution in [3.63, 3.8) is 0 Å². The van der Waals surface area contributed by atoms with Crippen LogP contribution in [0.3, 0.4) is 0 Å². The van der Waals surface area contributed by atoms with Crippen LogP contribution in [0.15, 0.2) is 48.8 Å². The van der Waals surface area contributed by atoms with Gasteiger partial charge in [-0.3, -0.25) is 4.79 Å². The van der Waals surface area contributed by atoms with E-state index in [2.05, 4.69) is 4.98 Å². The van der Waals surface area contributed by atoms with Crippen LogP contribution in [0.1, 0.15) is 15.9 Å². The number of carbonyl (C=O) groups is 1. The Kier molecular flexibility index (Phi) is 3.13. The summed E-state index contributed by atoms with van der Waals surface area (Å²) in [5.74, 6) is -0.646. The van der Waals surface area contributed by atoms with Gasteiger partial charge in [-0.05, 0) is 24.3 Å². The Labute approximate surface area is 123 Å². The number of benzene rings is 1. The molecule has 22 heavy (non-hydrogen) atoms. The lowest BCUT2D eigenvalue weighted by Gasteiger charge is -2.07. The number of nitrogens with two attached hydrogens (primary N) is 1. The average molecular weight is 305 g/mol. The first-order valence-corrected chi connectivity index (χ1v) is 6.31. The van der Waals surface area contributed by atoms with Crippen LogP contribution in [0.25, 0.3) is 16.9 Å². The number of amides is 1. The molecule has 2 heterocycles. The molecule has 3 aromatic rings. The number of nitrogens with zero attached hydrogens (tertiary/aromatic N) is 2. The van der Waals surface area contributed by atoms with Crippen LogP contribution in [0.5, 0.6) is 0 Å². The first-order chi connectivity index (χ1) is 10.4. The van der Waals surface area contributed by atoms with Crippen LogP contribution >= 0.6 is 0 Å². The Hall–Kier alpha value is -2.83. The summed E-state index contributed by atoms with van der Waals surface area (Å²) < 4.78 is 39.9. The maximum Gasteiger partial charge on any atom is 0.416 e. The van der Waals surface area contributed by atoms with Crippen molar-refractivity contribution >= 4 is 11.6 Å². The highest BCUT2D eigenvalue weighted by atomic mass is 19.4. The molecule has 0 unspecified atom stereocenters. The summed E-state index contributed by atoms with van der Waals surface area (Å²) in [6, 6.07) is 7.99. The SMILES string of the molecule is NC(=O)c1cccn2cc(-c3cccc(C(F)(F)F)c3)nc12. The van der Waals surface area contributed by atoms with Gasteiger partial charge in [0, 0.05) is 18.0 Å². The Morgan fingerprint density at radius 1 is 1.18 bits per heavy atom. The number of aromatic nitrogens is 2. The molecule has 0 bridgehead atoms. The quantitative estimate of drug-likeness (QED) is 0.790. The lowest BCUT2D eigenvalue weighted by Crippen LogP contribution is -2.12. The molecule has 7 heteroatoms. The van der Waals surface area contributed by atoms with E-state index in [0.717, 1.165) is 12.1 Å². The third kappa shape index (κ3) is 2.41. The first kappa shape index (κ1) is 14.1. The van der Waals surface area contributed by atoms with Gasteiger partial charge in [0.2, 0.25) is 0 Å². The Morgan fingerprint density at radius 3 is 2.64 bits per heavy atom. The molecular weight excluding hydrogens is 295 g/mol. The van der Waals surface area contributed by atoms with E-state index in [9.17, 15) is 18.0 Å².